The van der Waals surface area contributed by atoms with Crippen molar-refractivity contribution in [1.82, 2.24) is 10.2 Å². The molecule has 1 aliphatic rings. The molecule has 1 saturated heterocycles. The Kier molecular flexibility index (Phi) is 6.25. The van der Waals surface area contributed by atoms with Crippen molar-refractivity contribution in [3.63, 3.8) is 0 Å². The lowest BCUT2D eigenvalue weighted by Gasteiger charge is -2.31. The van der Waals surface area contributed by atoms with Gasteiger partial charge in [-0.15, -0.1) is 0 Å². The largest absolute Gasteiger partial charge is 0.356 e. The van der Waals surface area contributed by atoms with Crippen molar-refractivity contribution in [2.24, 2.45) is 5.92 Å². The van der Waals surface area contributed by atoms with E-state index in [2.05, 4.69) is 5.32 Å². The molecule has 0 radical (unpaired) electrons. The van der Waals surface area contributed by atoms with Crippen LogP contribution in [-0.4, -0.2) is 36.3 Å². The van der Waals surface area contributed by atoms with Gasteiger partial charge in [-0.25, -0.2) is 0 Å². The minimum absolute atomic E-state index is 0.0280. The van der Waals surface area contributed by atoms with Gasteiger partial charge < -0.3 is 10.2 Å². The molecule has 2 rings (SSSR count). The summed E-state index contributed by atoms with van der Waals surface area (Å²) >= 11 is 5.94. The van der Waals surface area contributed by atoms with Gasteiger partial charge in [0.25, 0.3) is 0 Å². The van der Waals surface area contributed by atoms with E-state index < -0.39 is 0 Å². The number of nitrogens with zero attached hydrogens (tertiary/aromatic N) is 1. The second-order valence-corrected chi connectivity index (χ2v) is 6.12. The van der Waals surface area contributed by atoms with Gasteiger partial charge in [0.2, 0.25) is 11.8 Å². The van der Waals surface area contributed by atoms with Crippen LogP contribution in [0.1, 0.15) is 31.7 Å². The van der Waals surface area contributed by atoms with Gasteiger partial charge in [0, 0.05) is 37.0 Å². The van der Waals surface area contributed by atoms with Crippen LogP contribution in [0.5, 0.6) is 0 Å². The Balaban J connectivity index is 1.71. The van der Waals surface area contributed by atoms with Gasteiger partial charge in [0.15, 0.2) is 0 Å². The van der Waals surface area contributed by atoms with E-state index in [1.165, 1.54) is 0 Å². The minimum Gasteiger partial charge on any atom is -0.356 e. The molecule has 2 amide bonds. The number of hydrogen-bond donors (Lipinski definition) is 1. The highest BCUT2D eigenvalue weighted by molar-refractivity contribution is 6.30. The maximum Gasteiger partial charge on any atom is 0.223 e. The first kappa shape index (κ1) is 16.8. The highest BCUT2D eigenvalue weighted by atomic mass is 35.5. The van der Waals surface area contributed by atoms with Gasteiger partial charge in [-0.2, -0.15) is 0 Å². The number of amides is 2. The Bertz CT molecular complexity index is 525. The Morgan fingerprint density at radius 2 is 2.05 bits per heavy atom. The monoisotopic (exact) mass is 322 g/mol. The molecule has 0 aromatic heterocycles. The molecule has 1 heterocycles. The Hall–Kier alpha value is -1.55. The van der Waals surface area contributed by atoms with E-state index >= 15 is 0 Å². The summed E-state index contributed by atoms with van der Waals surface area (Å²) in [6.45, 7) is 3.88. The van der Waals surface area contributed by atoms with E-state index in [0.29, 0.717) is 26.1 Å². The average Bonchev–Trinajstić information content (AvgIpc) is 2.54. The molecule has 0 bridgehead atoms. The summed E-state index contributed by atoms with van der Waals surface area (Å²) in [7, 11) is 0. The number of benzene rings is 1. The zero-order valence-corrected chi connectivity index (χ0v) is 13.7. The highest BCUT2D eigenvalue weighted by Crippen LogP contribution is 2.18. The predicted molar refractivity (Wildman–Crippen MR) is 87.8 cm³/mol. The summed E-state index contributed by atoms with van der Waals surface area (Å²) in [5.41, 5.74) is 1.12. The van der Waals surface area contributed by atoms with Gasteiger partial charge in [0.1, 0.15) is 0 Å². The van der Waals surface area contributed by atoms with Crippen molar-refractivity contribution >= 4 is 23.4 Å². The third kappa shape index (κ3) is 4.73. The molecule has 1 aromatic rings. The number of piperidine rings is 1. The lowest BCUT2D eigenvalue weighted by molar-refractivity contribution is -0.135. The van der Waals surface area contributed by atoms with Crippen molar-refractivity contribution in [3.8, 4) is 0 Å². The zero-order chi connectivity index (χ0) is 15.9. The number of hydrogen-bond acceptors (Lipinski definition) is 2. The second-order valence-electron chi connectivity index (χ2n) is 5.68. The maximum atomic E-state index is 12.2. The first-order valence-corrected chi connectivity index (χ1v) is 8.28. The molecule has 22 heavy (non-hydrogen) atoms. The summed E-state index contributed by atoms with van der Waals surface area (Å²) in [6.07, 6.45) is 2.83. The molecule has 1 fully saturated rings. The van der Waals surface area contributed by atoms with Crippen molar-refractivity contribution < 1.29 is 9.59 Å². The summed E-state index contributed by atoms with van der Waals surface area (Å²) in [5.74, 6) is 0.311. The van der Waals surface area contributed by atoms with Gasteiger partial charge in [-0.3, -0.25) is 9.59 Å². The molecule has 0 aliphatic carbocycles. The molecule has 0 spiro atoms. The number of likely N-dealkylation sites (tertiary alicyclic amines) is 1. The number of nitrogens with one attached hydrogen (secondary N) is 1. The number of halogens is 1. The summed E-state index contributed by atoms with van der Waals surface area (Å²) in [5, 5.41) is 3.71. The minimum atomic E-state index is 0.0280. The smallest absolute Gasteiger partial charge is 0.223 e. The topological polar surface area (TPSA) is 49.4 Å². The predicted octanol–water partition coefficient (Wildman–Crippen LogP) is 2.65. The van der Waals surface area contributed by atoms with Crippen LogP contribution in [0.4, 0.5) is 0 Å². The second kappa shape index (κ2) is 8.18. The van der Waals surface area contributed by atoms with E-state index in [1.54, 1.807) is 0 Å². The van der Waals surface area contributed by atoms with E-state index in [0.717, 1.165) is 29.8 Å². The number of rotatable bonds is 5. The van der Waals surface area contributed by atoms with Crippen LogP contribution in [0.25, 0.3) is 0 Å². The molecule has 0 atom stereocenters. The quantitative estimate of drug-likeness (QED) is 0.906. The Morgan fingerprint density at radius 3 is 2.68 bits per heavy atom. The van der Waals surface area contributed by atoms with Crippen LogP contribution in [0, 0.1) is 5.92 Å². The number of carbonyl (C=O) groups excluding carboxylic acids is 2. The molecule has 1 aromatic carbocycles. The summed E-state index contributed by atoms with van der Waals surface area (Å²) in [6, 6.07) is 7.68. The first-order valence-electron chi connectivity index (χ1n) is 7.90. The molecule has 120 valence electrons. The summed E-state index contributed by atoms with van der Waals surface area (Å²) in [4.78, 5) is 25.6. The molecule has 0 unspecified atom stereocenters. The van der Waals surface area contributed by atoms with E-state index in [4.69, 9.17) is 11.6 Å². The molecule has 0 saturated carbocycles. The van der Waals surface area contributed by atoms with Gasteiger partial charge >= 0.3 is 0 Å². The summed E-state index contributed by atoms with van der Waals surface area (Å²) < 4.78 is 0. The van der Waals surface area contributed by atoms with Crippen LogP contribution in [-0.2, 0) is 16.0 Å². The standard InChI is InChI=1S/C17H23ClN2O2/c1-2-16(21)20-10-7-14(8-11-20)17(22)19-9-6-13-4-3-5-15(18)12-13/h3-5,12,14H,2,6-11H2,1H3,(H,19,22). The van der Waals surface area contributed by atoms with Crippen molar-refractivity contribution in [2.45, 2.75) is 32.6 Å². The third-order valence-corrected chi connectivity index (χ3v) is 4.36. The molecule has 1 N–H and O–H groups in total. The number of carbonyl (C=O) groups is 2. The lowest BCUT2D eigenvalue weighted by atomic mass is 9.95. The Labute approximate surface area is 136 Å². The fraction of sp³-hybridized carbons (Fsp3) is 0.529. The van der Waals surface area contributed by atoms with Crippen molar-refractivity contribution in [2.75, 3.05) is 19.6 Å². The van der Waals surface area contributed by atoms with Crippen LogP contribution in [0.2, 0.25) is 5.02 Å². The molecular formula is C17H23ClN2O2. The Morgan fingerprint density at radius 1 is 1.32 bits per heavy atom. The van der Waals surface area contributed by atoms with Crippen LogP contribution in [0.15, 0.2) is 24.3 Å². The zero-order valence-electron chi connectivity index (χ0n) is 13.0. The van der Waals surface area contributed by atoms with E-state index in [-0.39, 0.29) is 17.7 Å². The van der Waals surface area contributed by atoms with Crippen LogP contribution < -0.4 is 5.32 Å². The van der Waals surface area contributed by atoms with Gasteiger partial charge in [-0.05, 0) is 37.0 Å². The van der Waals surface area contributed by atoms with E-state index in [1.807, 2.05) is 36.1 Å². The molecule has 4 nitrogen and oxygen atoms in total. The normalized spacial score (nSPS) is 15.6. The maximum absolute atomic E-state index is 12.2. The highest BCUT2D eigenvalue weighted by Gasteiger charge is 2.26. The van der Waals surface area contributed by atoms with Gasteiger partial charge in [0.05, 0.1) is 0 Å². The average molecular weight is 323 g/mol. The van der Waals surface area contributed by atoms with Gasteiger partial charge in [-0.1, -0.05) is 30.7 Å². The first-order chi connectivity index (χ1) is 10.6. The van der Waals surface area contributed by atoms with E-state index in [9.17, 15) is 9.59 Å². The molecular weight excluding hydrogens is 300 g/mol. The third-order valence-electron chi connectivity index (χ3n) is 4.12. The lowest BCUT2D eigenvalue weighted by Crippen LogP contribution is -2.43. The van der Waals surface area contributed by atoms with Crippen LogP contribution >= 0.6 is 11.6 Å². The van der Waals surface area contributed by atoms with Crippen LogP contribution in [0.3, 0.4) is 0 Å². The SMILES string of the molecule is CCC(=O)N1CCC(C(=O)NCCc2cccc(Cl)c2)CC1. The van der Waals surface area contributed by atoms with Crippen molar-refractivity contribution in [1.29, 1.82) is 0 Å². The van der Waals surface area contributed by atoms with Crippen molar-refractivity contribution in [3.05, 3.63) is 34.9 Å². The fourth-order valence-corrected chi connectivity index (χ4v) is 2.99. The fourth-order valence-electron chi connectivity index (χ4n) is 2.78. The molecule has 5 heteroatoms. The molecule has 1 aliphatic heterocycles.